The van der Waals surface area contributed by atoms with E-state index in [1.54, 1.807) is 0 Å². The minimum Gasteiger partial charge on any atom is -0.341 e. The first-order chi connectivity index (χ1) is 15.7. The van der Waals surface area contributed by atoms with Crippen molar-refractivity contribution in [2.24, 2.45) is 11.8 Å². The molecule has 1 N–H and O–H groups in total. The van der Waals surface area contributed by atoms with E-state index in [2.05, 4.69) is 47.5 Å². The van der Waals surface area contributed by atoms with E-state index in [9.17, 15) is 4.79 Å². The predicted molar refractivity (Wildman–Crippen MR) is 129 cm³/mol. The zero-order valence-electron chi connectivity index (χ0n) is 18.6. The summed E-state index contributed by atoms with van der Waals surface area (Å²) < 4.78 is 0. The molecule has 1 aliphatic carbocycles. The van der Waals surface area contributed by atoms with E-state index in [1.165, 1.54) is 5.56 Å². The minimum absolute atomic E-state index is 0.144. The van der Waals surface area contributed by atoms with Gasteiger partial charge < -0.3 is 10.2 Å². The molecule has 2 aliphatic rings. The van der Waals surface area contributed by atoms with Crippen LogP contribution >= 0.6 is 0 Å². The third-order valence-corrected chi connectivity index (χ3v) is 6.63. The van der Waals surface area contributed by atoms with Crippen LogP contribution in [0, 0.1) is 11.8 Å². The lowest BCUT2D eigenvalue weighted by Gasteiger charge is -2.33. The largest absolute Gasteiger partial charge is 0.341 e. The summed E-state index contributed by atoms with van der Waals surface area (Å²) in [5.74, 6) is 2.56. The van der Waals surface area contributed by atoms with Gasteiger partial charge in [0.15, 0.2) is 5.78 Å². The zero-order valence-corrected chi connectivity index (χ0v) is 18.6. The average Bonchev–Trinajstić information content (AvgIpc) is 2.80. The predicted octanol–water partition coefficient (Wildman–Crippen LogP) is 5.44. The summed E-state index contributed by atoms with van der Waals surface area (Å²) >= 11 is 0. The number of carbonyl (C=O) groups is 1. The van der Waals surface area contributed by atoms with Crippen LogP contribution in [-0.2, 0) is 12.8 Å². The van der Waals surface area contributed by atoms with Crippen LogP contribution in [-0.4, -0.2) is 28.8 Å². The fraction of sp³-hybridized carbons (Fsp3) is 0.370. The van der Waals surface area contributed by atoms with Gasteiger partial charge in [-0.15, -0.1) is 0 Å². The number of aromatic nitrogens is 2. The first-order valence-corrected chi connectivity index (χ1v) is 11.7. The van der Waals surface area contributed by atoms with Gasteiger partial charge in [0, 0.05) is 25.2 Å². The Kier molecular flexibility index (Phi) is 5.89. The van der Waals surface area contributed by atoms with Gasteiger partial charge in [0.2, 0.25) is 5.95 Å². The SMILES string of the molecule is CC1CC(=O)c2c(nc(N3CCC(Cc4ccccc4)CC3)nc2Nc2ccccc2)C1. The fourth-order valence-corrected chi connectivity index (χ4v) is 4.93. The van der Waals surface area contributed by atoms with Gasteiger partial charge >= 0.3 is 0 Å². The molecule has 1 atom stereocenters. The number of nitrogens with one attached hydrogen (secondary N) is 1. The van der Waals surface area contributed by atoms with Crippen molar-refractivity contribution in [3.8, 4) is 0 Å². The molecule has 32 heavy (non-hydrogen) atoms. The second-order valence-corrected chi connectivity index (χ2v) is 9.24. The van der Waals surface area contributed by atoms with Crippen molar-refractivity contribution in [2.75, 3.05) is 23.3 Å². The number of piperidine rings is 1. The van der Waals surface area contributed by atoms with Crippen LogP contribution in [0.1, 0.15) is 47.8 Å². The summed E-state index contributed by atoms with van der Waals surface area (Å²) in [7, 11) is 0. The lowest BCUT2D eigenvalue weighted by atomic mass is 9.87. The smallest absolute Gasteiger partial charge is 0.227 e. The van der Waals surface area contributed by atoms with Crippen molar-refractivity contribution >= 4 is 23.2 Å². The van der Waals surface area contributed by atoms with E-state index in [-0.39, 0.29) is 5.78 Å². The average molecular weight is 427 g/mol. The quantitative estimate of drug-likeness (QED) is 0.588. The van der Waals surface area contributed by atoms with Crippen molar-refractivity contribution in [1.29, 1.82) is 0 Å². The first-order valence-electron chi connectivity index (χ1n) is 11.7. The van der Waals surface area contributed by atoms with E-state index in [4.69, 9.17) is 9.97 Å². The molecule has 0 spiro atoms. The molecule has 0 amide bonds. The molecular weight excluding hydrogens is 396 g/mol. The number of hydrogen-bond donors (Lipinski definition) is 1. The Morgan fingerprint density at radius 3 is 2.34 bits per heavy atom. The number of nitrogens with zero attached hydrogens (tertiary/aromatic N) is 3. The van der Waals surface area contributed by atoms with Crippen LogP contribution in [0.5, 0.6) is 0 Å². The summed E-state index contributed by atoms with van der Waals surface area (Å²) in [6.45, 7) is 4.02. The number of ketones is 1. The third kappa shape index (κ3) is 4.52. The Balaban J connectivity index is 1.38. The second-order valence-electron chi connectivity index (χ2n) is 9.24. The Morgan fingerprint density at radius 1 is 0.938 bits per heavy atom. The van der Waals surface area contributed by atoms with Gasteiger partial charge in [-0.1, -0.05) is 55.5 Å². The lowest BCUT2D eigenvalue weighted by Crippen LogP contribution is -2.36. The number of rotatable bonds is 5. The summed E-state index contributed by atoms with van der Waals surface area (Å²) in [6, 6.07) is 20.7. The third-order valence-electron chi connectivity index (χ3n) is 6.63. The van der Waals surface area contributed by atoms with Gasteiger partial charge in [0.05, 0.1) is 11.3 Å². The Morgan fingerprint density at radius 2 is 1.62 bits per heavy atom. The van der Waals surface area contributed by atoms with Crippen molar-refractivity contribution in [1.82, 2.24) is 9.97 Å². The summed E-state index contributed by atoms with van der Waals surface area (Å²) in [5.41, 5.74) is 3.92. The molecule has 1 aromatic heterocycles. The molecule has 2 aromatic carbocycles. The van der Waals surface area contributed by atoms with Crippen LogP contribution in [0.3, 0.4) is 0 Å². The molecule has 1 fully saturated rings. The van der Waals surface area contributed by atoms with Gasteiger partial charge in [-0.25, -0.2) is 4.98 Å². The highest BCUT2D eigenvalue weighted by molar-refractivity contribution is 6.03. The van der Waals surface area contributed by atoms with Crippen molar-refractivity contribution in [3.63, 3.8) is 0 Å². The molecule has 5 heteroatoms. The fourth-order valence-electron chi connectivity index (χ4n) is 4.93. The number of hydrogen-bond acceptors (Lipinski definition) is 5. The minimum atomic E-state index is 0.144. The Labute approximate surface area is 189 Å². The highest BCUT2D eigenvalue weighted by Gasteiger charge is 2.30. The standard InChI is InChI=1S/C27H30N4O/c1-19-16-23-25(24(32)17-19)26(28-22-10-6-3-7-11-22)30-27(29-23)31-14-12-21(13-15-31)18-20-8-4-2-5-9-20/h2-11,19,21H,12-18H2,1H3,(H,28,29,30). The van der Waals surface area contributed by atoms with Gasteiger partial charge in [0.25, 0.3) is 0 Å². The summed E-state index contributed by atoms with van der Waals surface area (Å²) in [4.78, 5) is 24.9. The zero-order chi connectivity index (χ0) is 21.9. The normalized spacial score (nSPS) is 19.0. The number of benzene rings is 2. The first kappa shape index (κ1) is 20.7. The molecule has 2 heterocycles. The highest BCUT2D eigenvalue weighted by atomic mass is 16.1. The van der Waals surface area contributed by atoms with Gasteiger partial charge in [-0.3, -0.25) is 4.79 Å². The molecule has 1 aliphatic heterocycles. The van der Waals surface area contributed by atoms with Crippen LogP contribution in [0.15, 0.2) is 60.7 Å². The molecule has 1 saturated heterocycles. The molecule has 3 aromatic rings. The van der Waals surface area contributed by atoms with Crippen LogP contribution < -0.4 is 10.2 Å². The van der Waals surface area contributed by atoms with Crippen LogP contribution in [0.25, 0.3) is 0 Å². The van der Waals surface area contributed by atoms with Gasteiger partial charge in [-0.05, 0) is 55.2 Å². The number of fused-ring (bicyclic) bond motifs is 1. The summed E-state index contributed by atoms with van der Waals surface area (Å²) in [6.07, 6.45) is 4.78. The molecular formula is C27H30N4O. The van der Waals surface area contributed by atoms with Gasteiger partial charge in [0.1, 0.15) is 5.82 Å². The molecule has 5 nitrogen and oxygen atoms in total. The number of para-hydroxylation sites is 1. The van der Waals surface area contributed by atoms with Crippen LogP contribution in [0.2, 0.25) is 0 Å². The van der Waals surface area contributed by atoms with E-state index in [0.29, 0.717) is 29.6 Å². The monoisotopic (exact) mass is 426 g/mol. The molecule has 0 radical (unpaired) electrons. The topological polar surface area (TPSA) is 58.1 Å². The van der Waals surface area contributed by atoms with Crippen molar-refractivity contribution < 1.29 is 4.79 Å². The van der Waals surface area contributed by atoms with Gasteiger partial charge in [-0.2, -0.15) is 4.98 Å². The maximum Gasteiger partial charge on any atom is 0.227 e. The Bertz CT molecular complexity index is 1080. The number of Topliss-reactive ketones (excluding diaryl/α,β-unsaturated/α-hetero) is 1. The Hall–Kier alpha value is -3.21. The lowest BCUT2D eigenvalue weighted by molar-refractivity contribution is 0.0952. The molecule has 0 saturated carbocycles. The van der Waals surface area contributed by atoms with E-state index >= 15 is 0 Å². The van der Waals surface area contributed by atoms with Crippen molar-refractivity contribution in [2.45, 2.75) is 39.0 Å². The second kappa shape index (κ2) is 9.11. The molecule has 5 rings (SSSR count). The molecule has 1 unspecified atom stereocenters. The van der Waals surface area contributed by atoms with E-state index in [0.717, 1.165) is 56.1 Å². The molecule has 164 valence electrons. The highest BCUT2D eigenvalue weighted by Crippen LogP contribution is 2.33. The maximum absolute atomic E-state index is 12.9. The maximum atomic E-state index is 12.9. The van der Waals surface area contributed by atoms with Crippen LogP contribution in [0.4, 0.5) is 17.5 Å². The number of carbonyl (C=O) groups excluding carboxylic acids is 1. The summed E-state index contributed by atoms with van der Waals surface area (Å²) in [5, 5.41) is 3.40. The molecule has 0 bridgehead atoms. The number of anilines is 3. The van der Waals surface area contributed by atoms with Crippen molar-refractivity contribution in [3.05, 3.63) is 77.5 Å². The van der Waals surface area contributed by atoms with E-state index in [1.807, 2.05) is 30.3 Å². The van der Waals surface area contributed by atoms with E-state index < -0.39 is 0 Å².